The molecule has 1 fully saturated rings. The van der Waals surface area contributed by atoms with Crippen molar-refractivity contribution in [2.75, 3.05) is 0 Å². The Hall–Kier alpha value is -0.240. The zero-order chi connectivity index (χ0) is 7.56. The molecule has 2 unspecified atom stereocenters. The maximum absolute atomic E-state index is 10.5. The predicted molar refractivity (Wildman–Crippen MR) is 39.0 cm³/mol. The normalized spacial score (nSPS) is 32.2. The summed E-state index contributed by atoms with van der Waals surface area (Å²) in [6, 6.07) is 0. The van der Waals surface area contributed by atoms with E-state index in [9.17, 15) is 4.79 Å². The van der Waals surface area contributed by atoms with Crippen molar-refractivity contribution in [1.82, 2.24) is 0 Å². The summed E-state index contributed by atoms with van der Waals surface area (Å²) in [5.74, 6) is -0.224. The summed E-state index contributed by atoms with van der Waals surface area (Å²) in [4.78, 5) is 10.5. The molecular weight excluding hydrogens is 152 g/mol. The van der Waals surface area contributed by atoms with Crippen molar-refractivity contribution in [2.45, 2.75) is 37.7 Å². The van der Waals surface area contributed by atoms with Crippen molar-refractivity contribution < 1.29 is 9.53 Å². The van der Waals surface area contributed by atoms with Gasteiger partial charge in [0.2, 0.25) is 0 Å². The standard InChI is InChI=1S/C7H11ClO2/c1-5(9)10-7-4-2-3-6(7)8/h6-7H,2-4H2,1H3. The molecule has 0 N–H and O–H groups in total. The lowest BCUT2D eigenvalue weighted by atomic mass is 10.3. The molecule has 1 saturated carbocycles. The highest BCUT2D eigenvalue weighted by Gasteiger charge is 2.27. The highest BCUT2D eigenvalue weighted by Crippen LogP contribution is 2.26. The van der Waals surface area contributed by atoms with Gasteiger partial charge in [-0.25, -0.2) is 0 Å². The van der Waals surface area contributed by atoms with Crippen molar-refractivity contribution in [3.63, 3.8) is 0 Å². The van der Waals surface area contributed by atoms with Crippen LogP contribution in [0.15, 0.2) is 0 Å². The molecule has 0 radical (unpaired) electrons. The van der Waals surface area contributed by atoms with E-state index in [0.717, 1.165) is 19.3 Å². The molecule has 58 valence electrons. The van der Waals surface area contributed by atoms with Gasteiger partial charge in [-0.1, -0.05) is 0 Å². The summed E-state index contributed by atoms with van der Waals surface area (Å²) >= 11 is 5.85. The lowest BCUT2D eigenvalue weighted by Gasteiger charge is -2.12. The Kier molecular flexibility index (Phi) is 2.55. The van der Waals surface area contributed by atoms with E-state index < -0.39 is 0 Å². The fourth-order valence-electron chi connectivity index (χ4n) is 1.23. The first-order chi connectivity index (χ1) is 4.70. The summed E-state index contributed by atoms with van der Waals surface area (Å²) in [6.07, 6.45) is 2.94. The average Bonchev–Trinajstić information content (AvgIpc) is 2.15. The van der Waals surface area contributed by atoms with Crippen LogP contribution in [0.3, 0.4) is 0 Å². The third kappa shape index (κ3) is 1.87. The zero-order valence-electron chi connectivity index (χ0n) is 5.97. The Morgan fingerprint density at radius 1 is 1.60 bits per heavy atom. The Morgan fingerprint density at radius 2 is 2.30 bits per heavy atom. The number of halogens is 1. The quantitative estimate of drug-likeness (QED) is 0.434. The molecule has 2 nitrogen and oxygen atoms in total. The van der Waals surface area contributed by atoms with Crippen LogP contribution < -0.4 is 0 Å². The Morgan fingerprint density at radius 3 is 2.70 bits per heavy atom. The number of alkyl halides is 1. The lowest BCUT2D eigenvalue weighted by molar-refractivity contribution is -0.145. The van der Waals surface area contributed by atoms with Gasteiger partial charge in [-0.15, -0.1) is 11.6 Å². The lowest BCUT2D eigenvalue weighted by Crippen LogP contribution is -2.20. The van der Waals surface area contributed by atoms with Crippen LogP contribution in [0.2, 0.25) is 0 Å². The SMILES string of the molecule is CC(=O)OC1CCCC1Cl. The molecule has 0 aromatic heterocycles. The van der Waals surface area contributed by atoms with Crippen LogP contribution in [0.25, 0.3) is 0 Å². The Labute approximate surface area is 65.5 Å². The minimum absolute atomic E-state index is 0.0285. The third-order valence-electron chi connectivity index (χ3n) is 1.69. The van der Waals surface area contributed by atoms with Gasteiger partial charge in [0.1, 0.15) is 6.10 Å². The molecule has 1 rings (SSSR count). The van der Waals surface area contributed by atoms with Crippen LogP contribution >= 0.6 is 11.6 Å². The molecule has 0 bridgehead atoms. The molecule has 1 aliphatic carbocycles. The summed E-state index contributed by atoms with van der Waals surface area (Å²) < 4.78 is 4.95. The van der Waals surface area contributed by atoms with E-state index in [-0.39, 0.29) is 17.5 Å². The summed E-state index contributed by atoms with van der Waals surface area (Å²) in [5, 5.41) is 0.0453. The van der Waals surface area contributed by atoms with Gasteiger partial charge < -0.3 is 4.74 Å². The van der Waals surface area contributed by atoms with E-state index in [1.807, 2.05) is 0 Å². The minimum Gasteiger partial charge on any atom is -0.461 e. The van der Waals surface area contributed by atoms with Crippen LogP contribution in [0.1, 0.15) is 26.2 Å². The van der Waals surface area contributed by atoms with E-state index in [1.54, 1.807) is 0 Å². The van der Waals surface area contributed by atoms with Crippen molar-refractivity contribution in [3.05, 3.63) is 0 Å². The second-order valence-corrected chi connectivity index (χ2v) is 3.16. The van der Waals surface area contributed by atoms with Crippen molar-refractivity contribution >= 4 is 17.6 Å². The molecule has 0 saturated heterocycles. The molecule has 0 aromatic rings. The van der Waals surface area contributed by atoms with E-state index in [2.05, 4.69) is 0 Å². The molecule has 0 aromatic carbocycles. The van der Waals surface area contributed by atoms with Gasteiger partial charge in [0.15, 0.2) is 0 Å². The number of hydrogen-bond acceptors (Lipinski definition) is 2. The minimum atomic E-state index is -0.224. The van der Waals surface area contributed by atoms with Gasteiger partial charge >= 0.3 is 5.97 Å². The molecule has 10 heavy (non-hydrogen) atoms. The fraction of sp³-hybridized carbons (Fsp3) is 0.857. The molecule has 0 heterocycles. The summed E-state index contributed by atoms with van der Waals surface area (Å²) in [5.41, 5.74) is 0. The van der Waals surface area contributed by atoms with Crippen LogP contribution in [0, 0.1) is 0 Å². The number of ether oxygens (including phenoxy) is 1. The first kappa shape index (κ1) is 7.86. The van der Waals surface area contributed by atoms with Gasteiger partial charge in [-0.3, -0.25) is 4.79 Å². The maximum Gasteiger partial charge on any atom is 0.302 e. The summed E-state index contributed by atoms with van der Waals surface area (Å²) in [7, 11) is 0. The van der Waals surface area contributed by atoms with Crippen molar-refractivity contribution in [2.24, 2.45) is 0 Å². The molecule has 1 aliphatic rings. The highest BCUT2D eigenvalue weighted by molar-refractivity contribution is 6.21. The number of hydrogen-bond donors (Lipinski definition) is 0. The summed E-state index contributed by atoms with van der Waals surface area (Å²) in [6.45, 7) is 1.42. The Balaban J connectivity index is 2.33. The number of carbonyl (C=O) groups is 1. The second-order valence-electron chi connectivity index (χ2n) is 2.59. The zero-order valence-corrected chi connectivity index (χ0v) is 6.73. The number of carbonyl (C=O) groups excluding carboxylic acids is 1. The fourth-order valence-corrected chi connectivity index (χ4v) is 1.56. The van der Waals surface area contributed by atoms with Crippen LogP contribution in [0.5, 0.6) is 0 Å². The van der Waals surface area contributed by atoms with Gasteiger partial charge in [0.25, 0.3) is 0 Å². The van der Waals surface area contributed by atoms with Crippen molar-refractivity contribution in [1.29, 1.82) is 0 Å². The monoisotopic (exact) mass is 162 g/mol. The van der Waals surface area contributed by atoms with Gasteiger partial charge in [0, 0.05) is 6.92 Å². The predicted octanol–water partition coefficient (Wildman–Crippen LogP) is 1.71. The molecule has 0 aliphatic heterocycles. The van der Waals surface area contributed by atoms with Gasteiger partial charge in [0.05, 0.1) is 5.38 Å². The molecule has 3 heteroatoms. The molecule has 0 amide bonds. The number of rotatable bonds is 1. The number of esters is 1. The van der Waals surface area contributed by atoms with E-state index in [4.69, 9.17) is 16.3 Å². The average molecular weight is 163 g/mol. The topological polar surface area (TPSA) is 26.3 Å². The van der Waals surface area contributed by atoms with E-state index in [1.165, 1.54) is 6.92 Å². The van der Waals surface area contributed by atoms with E-state index in [0.29, 0.717) is 0 Å². The van der Waals surface area contributed by atoms with Crippen LogP contribution in [-0.4, -0.2) is 17.5 Å². The largest absolute Gasteiger partial charge is 0.461 e. The second kappa shape index (κ2) is 3.24. The van der Waals surface area contributed by atoms with E-state index >= 15 is 0 Å². The van der Waals surface area contributed by atoms with Crippen LogP contribution in [-0.2, 0) is 9.53 Å². The molecule has 2 atom stereocenters. The molecular formula is C7H11ClO2. The maximum atomic E-state index is 10.5. The first-order valence-electron chi connectivity index (χ1n) is 3.51. The third-order valence-corrected chi connectivity index (χ3v) is 2.19. The van der Waals surface area contributed by atoms with Gasteiger partial charge in [-0.2, -0.15) is 0 Å². The van der Waals surface area contributed by atoms with Gasteiger partial charge in [-0.05, 0) is 19.3 Å². The Bertz CT molecular complexity index is 136. The van der Waals surface area contributed by atoms with Crippen molar-refractivity contribution in [3.8, 4) is 0 Å². The molecule has 0 spiro atoms. The smallest absolute Gasteiger partial charge is 0.302 e. The highest BCUT2D eigenvalue weighted by atomic mass is 35.5. The first-order valence-corrected chi connectivity index (χ1v) is 3.95. The van der Waals surface area contributed by atoms with Crippen LogP contribution in [0.4, 0.5) is 0 Å².